The number of anilines is 2. The fourth-order valence-corrected chi connectivity index (χ4v) is 3.33. The van der Waals surface area contributed by atoms with E-state index in [4.69, 9.17) is 17.0 Å². The van der Waals surface area contributed by atoms with Gasteiger partial charge in [-0.1, -0.05) is 12.1 Å². The van der Waals surface area contributed by atoms with Crippen LogP contribution in [0.15, 0.2) is 29.3 Å². The molecule has 29 heavy (non-hydrogen) atoms. The average Bonchev–Trinajstić information content (AvgIpc) is 3.16. The van der Waals surface area contributed by atoms with Crippen molar-refractivity contribution in [2.45, 2.75) is 46.6 Å². The second-order valence-corrected chi connectivity index (χ2v) is 7.66. The van der Waals surface area contributed by atoms with Gasteiger partial charge < -0.3 is 15.4 Å². The highest BCUT2D eigenvalue weighted by atomic mass is 32.1. The predicted molar refractivity (Wildman–Crippen MR) is 122 cm³/mol. The molecule has 0 radical (unpaired) electrons. The maximum atomic E-state index is 5.68. The minimum absolute atomic E-state index is 0.134. The zero-order valence-corrected chi connectivity index (χ0v) is 18.2. The molecule has 0 spiro atoms. The van der Waals surface area contributed by atoms with E-state index < -0.39 is 0 Å². The second kappa shape index (κ2) is 9.76. The van der Waals surface area contributed by atoms with Gasteiger partial charge in [-0.15, -0.1) is 0 Å². The Morgan fingerprint density at radius 3 is 2.62 bits per heavy atom. The van der Waals surface area contributed by atoms with Gasteiger partial charge in [0.15, 0.2) is 5.11 Å². The molecular weight excluding hydrogens is 384 g/mol. The van der Waals surface area contributed by atoms with E-state index in [1.54, 1.807) is 0 Å². The molecule has 1 aliphatic rings. The number of nitrogens with one attached hydrogen (secondary N) is 3. The van der Waals surface area contributed by atoms with Crippen molar-refractivity contribution in [2.75, 3.05) is 23.8 Å². The van der Waals surface area contributed by atoms with Gasteiger partial charge in [0.2, 0.25) is 11.9 Å². The van der Waals surface area contributed by atoms with Crippen LogP contribution in [0.25, 0.3) is 0 Å². The van der Waals surface area contributed by atoms with Gasteiger partial charge in [0, 0.05) is 23.7 Å². The molecule has 0 bridgehead atoms. The van der Waals surface area contributed by atoms with E-state index in [1.807, 2.05) is 32.0 Å². The van der Waals surface area contributed by atoms with Gasteiger partial charge in [0.1, 0.15) is 0 Å². The molecule has 154 valence electrons. The Bertz CT molecular complexity index is 888. The van der Waals surface area contributed by atoms with Crippen LogP contribution < -0.4 is 16.0 Å². The monoisotopic (exact) mass is 412 g/mol. The maximum absolute atomic E-state index is 5.68. The third-order valence-corrected chi connectivity index (χ3v) is 4.98. The van der Waals surface area contributed by atoms with Crippen molar-refractivity contribution < 1.29 is 4.74 Å². The van der Waals surface area contributed by atoms with E-state index in [1.165, 1.54) is 5.56 Å². The van der Waals surface area contributed by atoms with Crippen LogP contribution in [0, 0.1) is 27.7 Å². The van der Waals surface area contributed by atoms with Gasteiger partial charge in [0.25, 0.3) is 0 Å². The van der Waals surface area contributed by atoms with Crippen molar-refractivity contribution in [1.82, 2.24) is 15.3 Å². The van der Waals surface area contributed by atoms with E-state index in [-0.39, 0.29) is 6.10 Å². The predicted octanol–water partition coefficient (Wildman–Crippen LogP) is 3.64. The molecule has 7 nitrogen and oxygen atoms in total. The highest BCUT2D eigenvalue weighted by molar-refractivity contribution is 7.80. The second-order valence-electron chi connectivity index (χ2n) is 7.25. The number of hydrogen-bond acceptors (Lipinski definition) is 5. The normalized spacial score (nSPS) is 16.6. The molecule has 3 rings (SSSR count). The Morgan fingerprint density at radius 2 is 1.93 bits per heavy atom. The summed E-state index contributed by atoms with van der Waals surface area (Å²) < 4.78 is 5.68. The topological polar surface area (TPSA) is 83.5 Å². The van der Waals surface area contributed by atoms with E-state index in [2.05, 4.69) is 50.8 Å². The molecule has 8 heteroatoms. The van der Waals surface area contributed by atoms with Crippen LogP contribution in [0.2, 0.25) is 0 Å². The molecular formula is C21H28N6OS. The summed E-state index contributed by atoms with van der Waals surface area (Å²) in [6.07, 6.45) is 2.22. The standard InChI is InChI=1S/C21H28N6OS/c1-13-7-5-9-18(16(13)4)25-21(29)27-19(22-12-17-8-6-10-28-17)26-20-23-14(2)11-15(3)24-20/h5,7,9,11,17H,6,8,10,12H2,1-4H3,(H3,22,23,24,25,26,27,29). The number of aromatic nitrogens is 2. The number of thiocarbonyl (C=S) groups is 1. The van der Waals surface area contributed by atoms with Crippen molar-refractivity contribution in [1.29, 1.82) is 0 Å². The summed E-state index contributed by atoms with van der Waals surface area (Å²) in [7, 11) is 0. The van der Waals surface area contributed by atoms with Crippen molar-refractivity contribution in [3.8, 4) is 0 Å². The van der Waals surface area contributed by atoms with Crippen LogP contribution in [0.5, 0.6) is 0 Å². The SMILES string of the molecule is Cc1cc(C)nc(NC(=NCC2CCCO2)NC(=S)Nc2cccc(C)c2C)n1. The Balaban J connectivity index is 1.73. The lowest BCUT2D eigenvalue weighted by atomic mass is 10.1. The summed E-state index contributed by atoms with van der Waals surface area (Å²) >= 11 is 5.52. The van der Waals surface area contributed by atoms with E-state index >= 15 is 0 Å². The van der Waals surface area contributed by atoms with Gasteiger partial charge >= 0.3 is 0 Å². The van der Waals surface area contributed by atoms with Crippen LogP contribution in [-0.4, -0.2) is 40.3 Å². The molecule has 0 amide bonds. The Labute approximate surface area is 177 Å². The third-order valence-electron chi connectivity index (χ3n) is 4.77. The largest absolute Gasteiger partial charge is 0.376 e. The highest BCUT2D eigenvalue weighted by Gasteiger charge is 2.16. The van der Waals surface area contributed by atoms with Crippen molar-refractivity contribution in [2.24, 2.45) is 4.99 Å². The highest BCUT2D eigenvalue weighted by Crippen LogP contribution is 2.18. The third kappa shape index (κ3) is 6.20. The van der Waals surface area contributed by atoms with Crippen LogP contribution >= 0.6 is 12.2 Å². The lowest BCUT2D eigenvalue weighted by Gasteiger charge is -2.16. The Morgan fingerprint density at radius 1 is 1.17 bits per heavy atom. The first kappa shape index (κ1) is 21.1. The number of hydrogen-bond donors (Lipinski definition) is 3. The summed E-state index contributed by atoms with van der Waals surface area (Å²) in [6, 6.07) is 8.00. The first-order valence-electron chi connectivity index (χ1n) is 9.80. The van der Waals surface area contributed by atoms with Crippen LogP contribution in [0.3, 0.4) is 0 Å². The first-order valence-corrected chi connectivity index (χ1v) is 10.2. The smallest absolute Gasteiger partial charge is 0.229 e. The molecule has 1 saturated heterocycles. The molecule has 3 N–H and O–H groups in total. The summed E-state index contributed by atoms with van der Waals surface area (Å²) in [5.41, 5.74) is 5.08. The molecule has 2 heterocycles. The van der Waals surface area contributed by atoms with Crippen molar-refractivity contribution >= 4 is 34.9 Å². The average molecular weight is 413 g/mol. The molecule has 1 aliphatic heterocycles. The fourth-order valence-electron chi connectivity index (χ4n) is 3.13. The number of aryl methyl sites for hydroxylation is 3. The minimum atomic E-state index is 0.134. The molecule has 0 aliphatic carbocycles. The number of aliphatic imine (C=N–C) groups is 1. The quantitative estimate of drug-likeness (QED) is 0.402. The van der Waals surface area contributed by atoms with Gasteiger partial charge in [-0.25, -0.2) is 15.0 Å². The van der Waals surface area contributed by atoms with Crippen LogP contribution in [0.4, 0.5) is 11.6 Å². The number of nitrogens with zero attached hydrogens (tertiary/aromatic N) is 3. The van der Waals surface area contributed by atoms with Gasteiger partial charge in [-0.2, -0.15) is 0 Å². The van der Waals surface area contributed by atoms with Crippen LogP contribution in [0.1, 0.15) is 35.4 Å². The zero-order valence-electron chi connectivity index (χ0n) is 17.4. The van der Waals surface area contributed by atoms with Gasteiger partial charge in [-0.3, -0.25) is 5.32 Å². The Hall–Kier alpha value is -2.58. The summed E-state index contributed by atoms with van der Waals surface area (Å²) in [6.45, 7) is 9.35. The van der Waals surface area contributed by atoms with Gasteiger partial charge in [0.05, 0.1) is 12.6 Å². The molecule has 1 aromatic heterocycles. The van der Waals surface area contributed by atoms with E-state index in [0.29, 0.717) is 23.6 Å². The molecule has 1 atom stereocenters. The number of ether oxygens (including phenoxy) is 1. The van der Waals surface area contributed by atoms with Crippen molar-refractivity contribution in [3.63, 3.8) is 0 Å². The molecule has 0 saturated carbocycles. The number of rotatable bonds is 4. The zero-order chi connectivity index (χ0) is 20.8. The first-order chi connectivity index (χ1) is 13.9. The van der Waals surface area contributed by atoms with E-state index in [9.17, 15) is 0 Å². The molecule has 1 fully saturated rings. The lowest BCUT2D eigenvalue weighted by Crippen LogP contribution is -2.39. The van der Waals surface area contributed by atoms with Gasteiger partial charge in [-0.05, 0) is 76.0 Å². The van der Waals surface area contributed by atoms with Crippen molar-refractivity contribution in [3.05, 3.63) is 46.8 Å². The lowest BCUT2D eigenvalue weighted by molar-refractivity contribution is 0.118. The van der Waals surface area contributed by atoms with Crippen LogP contribution in [-0.2, 0) is 4.74 Å². The summed E-state index contributed by atoms with van der Waals surface area (Å²) in [4.78, 5) is 13.5. The summed E-state index contributed by atoms with van der Waals surface area (Å²) in [5.74, 6) is 0.976. The molecule has 2 aromatic rings. The number of benzene rings is 1. The maximum Gasteiger partial charge on any atom is 0.229 e. The Kier molecular flexibility index (Phi) is 7.11. The molecule has 1 aromatic carbocycles. The fraction of sp³-hybridized carbons (Fsp3) is 0.429. The minimum Gasteiger partial charge on any atom is -0.376 e. The number of guanidine groups is 1. The van der Waals surface area contributed by atoms with E-state index in [0.717, 1.165) is 42.1 Å². The summed E-state index contributed by atoms with van der Waals surface area (Å²) in [5, 5.41) is 10.00. The molecule has 1 unspecified atom stereocenters.